The van der Waals surface area contributed by atoms with Crippen LogP contribution in [0.25, 0.3) is 0 Å². The zero-order chi connectivity index (χ0) is 10.0. The van der Waals surface area contributed by atoms with Crippen LogP contribution in [0.5, 0.6) is 0 Å². The van der Waals surface area contributed by atoms with Crippen molar-refractivity contribution in [3.8, 4) is 0 Å². The van der Waals surface area contributed by atoms with Gasteiger partial charge in [-0.25, -0.2) is 0 Å². The van der Waals surface area contributed by atoms with E-state index in [0.29, 0.717) is 6.61 Å². The van der Waals surface area contributed by atoms with Gasteiger partial charge in [-0.3, -0.25) is 0 Å². The summed E-state index contributed by atoms with van der Waals surface area (Å²) < 4.78 is 0. The fourth-order valence-electron chi connectivity index (χ4n) is 2.19. The van der Waals surface area contributed by atoms with Gasteiger partial charge in [-0.1, -0.05) is 6.42 Å². The van der Waals surface area contributed by atoms with Gasteiger partial charge >= 0.3 is 0 Å². The lowest BCUT2D eigenvalue weighted by atomic mass is 9.69. The molecule has 0 bridgehead atoms. The highest BCUT2D eigenvalue weighted by Gasteiger charge is 2.37. The van der Waals surface area contributed by atoms with E-state index in [1.54, 1.807) is 0 Å². The molecule has 1 saturated carbocycles. The second-order valence-electron chi connectivity index (χ2n) is 4.44. The van der Waals surface area contributed by atoms with E-state index >= 15 is 0 Å². The largest absolute Gasteiger partial charge is 0.396 e. The maximum Gasteiger partial charge on any atom is 0.0541 e. The number of aromatic amines is 1. The first-order valence-corrected chi connectivity index (χ1v) is 5.21. The summed E-state index contributed by atoms with van der Waals surface area (Å²) >= 11 is 0. The minimum absolute atomic E-state index is 0.173. The number of rotatable bonds is 4. The Bertz CT molecular complexity index is 272. The molecule has 0 radical (unpaired) electrons. The SMILES string of the molecule is CN(CC1(CO)CCC1)c1cc[nH]c1. The summed E-state index contributed by atoms with van der Waals surface area (Å²) in [6.45, 7) is 1.28. The third-order valence-electron chi connectivity index (χ3n) is 3.34. The molecule has 0 amide bonds. The Kier molecular flexibility index (Phi) is 2.50. The lowest BCUT2D eigenvalue weighted by Gasteiger charge is -2.43. The molecule has 1 aromatic rings. The third kappa shape index (κ3) is 1.64. The molecule has 0 saturated heterocycles. The number of aromatic nitrogens is 1. The van der Waals surface area contributed by atoms with Gasteiger partial charge in [0.15, 0.2) is 0 Å². The van der Waals surface area contributed by atoms with Crippen LogP contribution in [-0.2, 0) is 0 Å². The van der Waals surface area contributed by atoms with E-state index in [-0.39, 0.29) is 5.41 Å². The summed E-state index contributed by atoms with van der Waals surface area (Å²) in [5.41, 5.74) is 1.37. The second-order valence-corrected chi connectivity index (χ2v) is 4.44. The molecule has 1 aliphatic carbocycles. The zero-order valence-corrected chi connectivity index (χ0v) is 8.66. The molecule has 0 aromatic carbocycles. The van der Waals surface area contributed by atoms with E-state index in [1.165, 1.54) is 12.1 Å². The molecule has 78 valence electrons. The maximum atomic E-state index is 9.35. The minimum atomic E-state index is 0.173. The molecule has 1 aromatic heterocycles. The minimum Gasteiger partial charge on any atom is -0.396 e. The normalized spacial score (nSPS) is 19.0. The van der Waals surface area contributed by atoms with Crippen LogP contribution in [0.3, 0.4) is 0 Å². The second kappa shape index (κ2) is 3.65. The highest BCUT2D eigenvalue weighted by molar-refractivity contribution is 5.43. The van der Waals surface area contributed by atoms with Gasteiger partial charge in [0, 0.05) is 31.4 Å². The molecule has 0 aliphatic heterocycles. The van der Waals surface area contributed by atoms with Crippen molar-refractivity contribution in [1.29, 1.82) is 0 Å². The summed E-state index contributed by atoms with van der Waals surface area (Å²) in [6.07, 6.45) is 7.51. The molecule has 0 atom stereocenters. The van der Waals surface area contributed by atoms with Crippen molar-refractivity contribution in [2.24, 2.45) is 5.41 Å². The predicted octanol–water partition coefficient (Wildman–Crippen LogP) is 1.61. The number of nitrogens with zero attached hydrogens (tertiary/aromatic N) is 1. The maximum absolute atomic E-state index is 9.35. The van der Waals surface area contributed by atoms with Crippen LogP contribution in [0.4, 0.5) is 5.69 Å². The Morgan fingerprint density at radius 2 is 2.36 bits per heavy atom. The standard InChI is InChI=1S/C11H18N2O/c1-13(10-3-6-12-7-10)8-11(9-14)4-2-5-11/h3,6-7,12,14H,2,4-5,8-9H2,1H3. The number of anilines is 1. The third-order valence-corrected chi connectivity index (χ3v) is 3.34. The molecule has 3 nitrogen and oxygen atoms in total. The van der Waals surface area contributed by atoms with Crippen LogP contribution in [0.1, 0.15) is 19.3 Å². The molecule has 1 aliphatic rings. The number of nitrogens with one attached hydrogen (secondary N) is 1. The number of H-pyrrole nitrogens is 1. The molecule has 1 fully saturated rings. The fraction of sp³-hybridized carbons (Fsp3) is 0.636. The van der Waals surface area contributed by atoms with Crippen LogP contribution >= 0.6 is 0 Å². The van der Waals surface area contributed by atoms with Gasteiger partial charge < -0.3 is 15.0 Å². The highest BCUT2D eigenvalue weighted by atomic mass is 16.3. The lowest BCUT2D eigenvalue weighted by Crippen LogP contribution is -2.43. The van der Waals surface area contributed by atoms with Crippen LogP contribution in [0.15, 0.2) is 18.5 Å². The average Bonchev–Trinajstić information content (AvgIpc) is 2.63. The molecule has 1 heterocycles. The summed E-state index contributed by atoms with van der Waals surface area (Å²) in [5, 5.41) is 9.35. The average molecular weight is 194 g/mol. The first-order valence-electron chi connectivity index (χ1n) is 5.21. The van der Waals surface area contributed by atoms with Gasteiger partial charge in [0.05, 0.1) is 12.3 Å². The topological polar surface area (TPSA) is 39.3 Å². The van der Waals surface area contributed by atoms with E-state index < -0.39 is 0 Å². The Morgan fingerprint density at radius 3 is 2.79 bits per heavy atom. The van der Waals surface area contributed by atoms with Crippen molar-refractivity contribution in [3.63, 3.8) is 0 Å². The lowest BCUT2D eigenvalue weighted by molar-refractivity contribution is 0.0524. The molecular weight excluding hydrogens is 176 g/mol. The van der Waals surface area contributed by atoms with E-state index in [2.05, 4.69) is 23.0 Å². The van der Waals surface area contributed by atoms with Crippen molar-refractivity contribution >= 4 is 5.69 Å². The van der Waals surface area contributed by atoms with Gasteiger partial charge in [-0.05, 0) is 18.9 Å². The van der Waals surface area contributed by atoms with E-state index in [9.17, 15) is 5.11 Å². The number of hydrogen-bond acceptors (Lipinski definition) is 2. The molecule has 0 unspecified atom stereocenters. The van der Waals surface area contributed by atoms with Crippen LogP contribution < -0.4 is 4.90 Å². The first-order chi connectivity index (χ1) is 6.76. The smallest absolute Gasteiger partial charge is 0.0541 e. The summed E-state index contributed by atoms with van der Waals surface area (Å²) in [7, 11) is 2.08. The Balaban J connectivity index is 1.97. The number of hydrogen-bond donors (Lipinski definition) is 2. The molecule has 14 heavy (non-hydrogen) atoms. The molecule has 0 spiro atoms. The van der Waals surface area contributed by atoms with Gasteiger partial charge in [-0.15, -0.1) is 0 Å². The van der Waals surface area contributed by atoms with Crippen molar-refractivity contribution in [2.75, 3.05) is 25.1 Å². The Morgan fingerprint density at radius 1 is 1.57 bits per heavy atom. The quantitative estimate of drug-likeness (QED) is 0.764. The van der Waals surface area contributed by atoms with Crippen molar-refractivity contribution < 1.29 is 5.11 Å². The summed E-state index contributed by atoms with van der Waals surface area (Å²) in [5.74, 6) is 0. The summed E-state index contributed by atoms with van der Waals surface area (Å²) in [4.78, 5) is 5.26. The first kappa shape index (κ1) is 9.59. The molecule has 2 rings (SSSR count). The molecular formula is C11H18N2O. The van der Waals surface area contributed by atoms with Crippen LogP contribution in [0.2, 0.25) is 0 Å². The van der Waals surface area contributed by atoms with Crippen molar-refractivity contribution in [3.05, 3.63) is 18.5 Å². The van der Waals surface area contributed by atoms with Gasteiger partial charge in [0.25, 0.3) is 0 Å². The fourth-order valence-corrected chi connectivity index (χ4v) is 2.19. The molecule has 2 N–H and O–H groups in total. The molecule has 3 heteroatoms. The zero-order valence-electron chi connectivity index (χ0n) is 8.66. The van der Waals surface area contributed by atoms with Crippen molar-refractivity contribution in [1.82, 2.24) is 4.98 Å². The van der Waals surface area contributed by atoms with Crippen molar-refractivity contribution in [2.45, 2.75) is 19.3 Å². The van der Waals surface area contributed by atoms with Gasteiger partial charge in [0.2, 0.25) is 0 Å². The number of aliphatic hydroxyl groups excluding tert-OH is 1. The highest BCUT2D eigenvalue weighted by Crippen LogP contribution is 2.41. The van der Waals surface area contributed by atoms with E-state index in [4.69, 9.17) is 0 Å². The Labute approximate surface area is 84.7 Å². The summed E-state index contributed by atoms with van der Waals surface area (Å²) in [6, 6.07) is 2.06. The van der Waals surface area contributed by atoms with Crippen LogP contribution in [0, 0.1) is 5.41 Å². The number of aliphatic hydroxyl groups is 1. The van der Waals surface area contributed by atoms with E-state index in [1.807, 2.05) is 12.4 Å². The monoisotopic (exact) mass is 194 g/mol. The predicted molar refractivity (Wildman–Crippen MR) is 57.4 cm³/mol. The van der Waals surface area contributed by atoms with Gasteiger partial charge in [0.1, 0.15) is 0 Å². The van der Waals surface area contributed by atoms with E-state index in [0.717, 1.165) is 19.4 Å². The Hall–Kier alpha value is -0.960. The van der Waals surface area contributed by atoms with Gasteiger partial charge in [-0.2, -0.15) is 0 Å². The van der Waals surface area contributed by atoms with Crippen LogP contribution in [-0.4, -0.2) is 30.3 Å².